The second-order valence-electron chi connectivity index (χ2n) is 7.27. The van der Waals surface area contributed by atoms with Crippen molar-refractivity contribution in [2.75, 3.05) is 30.4 Å². The summed E-state index contributed by atoms with van der Waals surface area (Å²) in [7, 11) is 1.91. The molecule has 1 aromatic carbocycles. The topological polar surface area (TPSA) is 52.0 Å². The summed E-state index contributed by atoms with van der Waals surface area (Å²) in [5.74, 6) is 1.86. The van der Waals surface area contributed by atoms with Crippen LogP contribution in [0.4, 0.5) is 11.4 Å². The number of nitrogens with one attached hydrogen (secondary N) is 1. The van der Waals surface area contributed by atoms with Gasteiger partial charge in [-0.25, -0.2) is 0 Å². The van der Waals surface area contributed by atoms with Gasteiger partial charge in [-0.05, 0) is 61.8 Å². The Bertz CT molecular complexity index is 824. The zero-order chi connectivity index (χ0) is 17.4. The maximum Gasteiger partial charge on any atom is 0.101 e. The van der Waals surface area contributed by atoms with E-state index in [0.717, 1.165) is 58.7 Å². The summed E-state index contributed by atoms with van der Waals surface area (Å²) in [6, 6.07) is 10.7. The lowest BCUT2D eigenvalue weighted by molar-refractivity contribution is 0.685. The fraction of sp³-hybridized carbons (Fsp3) is 0.429. The van der Waals surface area contributed by atoms with E-state index < -0.39 is 0 Å². The van der Waals surface area contributed by atoms with Crippen molar-refractivity contribution in [3.63, 3.8) is 0 Å². The third-order valence-electron chi connectivity index (χ3n) is 5.75. The first-order chi connectivity index (χ1) is 12.2. The molecule has 1 aromatic heterocycles. The van der Waals surface area contributed by atoms with Crippen molar-refractivity contribution in [2.24, 2.45) is 11.8 Å². The van der Waals surface area contributed by atoms with Crippen LogP contribution in [0.2, 0.25) is 0 Å². The number of pyridine rings is 1. The van der Waals surface area contributed by atoms with Crippen molar-refractivity contribution in [3.05, 3.63) is 41.7 Å². The monoisotopic (exact) mass is 332 g/mol. The lowest BCUT2D eigenvalue weighted by Crippen LogP contribution is -2.25. The summed E-state index contributed by atoms with van der Waals surface area (Å²) in [5.41, 5.74) is 6.11. The van der Waals surface area contributed by atoms with Gasteiger partial charge in [0.05, 0.1) is 23.1 Å². The van der Waals surface area contributed by atoms with E-state index >= 15 is 0 Å². The van der Waals surface area contributed by atoms with Gasteiger partial charge >= 0.3 is 0 Å². The number of aryl methyl sites for hydroxylation is 1. The predicted octanol–water partition coefficient (Wildman–Crippen LogP) is 4.21. The van der Waals surface area contributed by atoms with E-state index in [1.54, 1.807) is 0 Å². The lowest BCUT2D eigenvalue weighted by atomic mass is 10.0. The molecule has 0 amide bonds. The molecule has 25 heavy (non-hydrogen) atoms. The lowest BCUT2D eigenvalue weighted by Gasteiger charge is -2.25. The Kier molecular flexibility index (Phi) is 4.09. The highest BCUT2D eigenvalue weighted by molar-refractivity contribution is 5.75. The maximum atomic E-state index is 9.58. The standard InChI is InChI=1S/C21H24N4/c1-14-20(11-19(23-2)13-24-14)17-3-4-18(12-22)21(10-17)25-7-5-15-9-16(15)6-8-25/h3-4,10-11,13,15-16,23H,5-9H2,1-2H3. The van der Waals surface area contributed by atoms with Crippen LogP contribution in [0, 0.1) is 30.1 Å². The van der Waals surface area contributed by atoms with Crippen LogP contribution in [-0.2, 0) is 0 Å². The number of nitriles is 1. The fourth-order valence-corrected chi connectivity index (χ4v) is 4.03. The van der Waals surface area contributed by atoms with E-state index in [-0.39, 0.29) is 0 Å². The molecule has 1 saturated carbocycles. The van der Waals surface area contributed by atoms with E-state index in [4.69, 9.17) is 0 Å². The molecule has 2 aromatic rings. The smallest absolute Gasteiger partial charge is 0.101 e. The Morgan fingerprint density at radius 3 is 2.64 bits per heavy atom. The Labute approximate surface area is 149 Å². The number of anilines is 2. The molecule has 0 spiro atoms. The van der Waals surface area contributed by atoms with Gasteiger partial charge in [0.15, 0.2) is 0 Å². The van der Waals surface area contributed by atoms with E-state index in [9.17, 15) is 5.26 Å². The number of fused-ring (bicyclic) bond motifs is 1. The molecule has 2 fully saturated rings. The van der Waals surface area contributed by atoms with Crippen LogP contribution in [0.1, 0.15) is 30.5 Å². The molecule has 128 valence electrons. The molecule has 1 N–H and O–H groups in total. The van der Waals surface area contributed by atoms with Gasteiger partial charge in [0.2, 0.25) is 0 Å². The molecule has 1 aliphatic heterocycles. The molecule has 0 radical (unpaired) electrons. The van der Waals surface area contributed by atoms with Gasteiger partial charge in [0.25, 0.3) is 0 Å². The predicted molar refractivity (Wildman–Crippen MR) is 102 cm³/mol. The molecule has 2 aliphatic rings. The maximum absolute atomic E-state index is 9.58. The third-order valence-corrected chi connectivity index (χ3v) is 5.75. The first-order valence-electron chi connectivity index (χ1n) is 9.13. The minimum Gasteiger partial charge on any atom is -0.387 e. The average Bonchev–Trinajstić information content (AvgIpc) is 3.41. The molecular formula is C21H24N4. The summed E-state index contributed by atoms with van der Waals surface area (Å²) in [4.78, 5) is 6.92. The number of rotatable bonds is 3. The SMILES string of the molecule is CNc1cnc(C)c(-c2ccc(C#N)c(N3CCC4CC4CC3)c2)c1. The van der Waals surface area contributed by atoms with Gasteiger partial charge < -0.3 is 10.2 Å². The highest BCUT2D eigenvalue weighted by Gasteiger charge is 2.38. The molecule has 2 atom stereocenters. The molecule has 1 saturated heterocycles. The normalized spacial score (nSPS) is 21.9. The van der Waals surface area contributed by atoms with Crippen molar-refractivity contribution in [1.82, 2.24) is 4.98 Å². The van der Waals surface area contributed by atoms with Gasteiger partial charge in [0, 0.05) is 31.4 Å². The number of benzene rings is 1. The van der Waals surface area contributed by atoms with Crippen LogP contribution in [-0.4, -0.2) is 25.1 Å². The van der Waals surface area contributed by atoms with Crippen molar-refractivity contribution < 1.29 is 0 Å². The van der Waals surface area contributed by atoms with E-state index in [2.05, 4.69) is 33.4 Å². The highest BCUT2D eigenvalue weighted by Crippen LogP contribution is 2.46. The zero-order valence-corrected chi connectivity index (χ0v) is 14.9. The number of hydrogen-bond acceptors (Lipinski definition) is 4. The molecule has 1 aliphatic carbocycles. The van der Waals surface area contributed by atoms with Gasteiger partial charge in [-0.15, -0.1) is 0 Å². The van der Waals surface area contributed by atoms with Crippen molar-refractivity contribution in [3.8, 4) is 17.2 Å². The molecule has 4 heteroatoms. The van der Waals surface area contributed by atoms with Crippen LogP contribution in [0.5, 0.6) is 0 Å². The summed E-state index contributed by atoms with van der Waals surface area (Å²) in [5, 5.41) is 12.7. The molecule has 2 unspecified atom stereocenters. The zero-order valence-electron chi connectivity index (χ0n) is 14.9. The van der Waals surface area contributed by atoms with E-state index in [1.807, 2.05) is 32.3 Å². The van der Waals surface area contributed by atoms with Gasteiger partial charge in [-0.3, -0.25) is 4.98 Å². The molecule has 0 bridgehead atoms. The first kappa shape index (κ1) is 16.0. The Morgan fingerprint density at radius 2 is 1.96 bits per heavy atom. The highest BCUT2D eigenvalue weighted by atomic mass is 15.1. The Balaban J connectivity index is 1.72. The van der Waals surface area contributed by atoms with Gasteiger partial charge in [0.1, 0.15) is 6.07 Å². The number of nitrogens with zero attached hydrogens (tertiary/aromatic N) is 3. The van der Waals surface area contributed by atoms with E-state index in [0.29, 0.717) is 0 Å². The van der Waals surface area contributed by atoms with Crippen LogP contribution in [0.15, 0.2) is 30.5 Å². The second-order valence-corrected chi connectivity index (χ2v) is 7.27. The second kappa shape index (κ2) is 6.40. The van der Waals surface area contributed by atoms with Crippen molar-refractivity contribution >= 4 is 11.4 Å². The van der Waals surface area contributed by atoms with Crippen molar-refractivity contribution in [2.45, 2.75) is 26.2 Å². The average molecular weight is 332 g/mol. The third kappa shape index (κ3) is 3.07. The minimum atomic E-state index is 0.773. The van der Waals surface area contributed by atoms with Crippen LogP contribution in [0.25, 0.3) is 11.1 Å². The minimum absolute atomic E-state index is 0.773. The quantitative estimate of drug-likeness (QED) is 0.915. The number of aromatic nitrogens is 1. The molecule has 4 nitrogen and oxygen atoms in total. The fourth-order valence-electron chi connectivity index (χ4n) is 4.03. The van der Waals surface area contributed by atoms with Crippen LogP contribution < -0.4 is 10.2 Å². The molecular weight excluding hydrogens is 308 g/mol. The molecule has 4 rings (SSSR count). The largest absolute Gasteiger partial charge is 0.387 e. The van der Waals surface area contributed by atoms with Crippen LogP contribution >= 0.6 is 0 Å². The van der Waals surface area contributed by atoms with Gasteiger partial charge in [-0.1, -0.05) is 6.07 Å². The number of hydrogen-bond donors (Lipinski definition) is 1. The van der Waals surface area contributed by atoms with Crippen LogP contribution in [0.3, 0.4) is 0 Å². The first-order valence-corrected chi connectivity index (χ1v) is 9.13. The van der Waals surface area contributed by atoms with Gasteiger partial charge in [-0.2, -0.15) is 5.26 Å². The molecule has 2 heterocycles. The Morgan fingerprint density at radius 1 is 1.20 bits per heavy atom. The summed E-state index contributed by atoms with van der Waals surface area (Å²) >= 11 is 0. The summed E-state index contributed by atoms with van der Waals surface area (Å²) < 4.78 is 0. The summed E-state index contributed by atoms with van der Waals surface area (Å²) in [6.07, 6.45) is 5.79. The summed E-state index contributed by atoms with van der Waals surface area (Å²) in [6.45, 7) is 4.16. The van der Waals surface area contributed by atoms with E-state index in [1.165, 1.54) is 19.3 Å². The van der Waals surface area contributed by atoms with Crippen molar-refractivity contribution in [1.29, 1.82) is 5.26 Å². The Hall–Kier alpha value is -2.54.